The fourth-order valence-corrected chi connectivity index (χ4v) is 2.77. The highest BCUT2D eigenvalue weighted by Gasteiger charge is 2.05. The lowest BCUT2D eigenvalue weighted by molar-refractivity contribution is -0.117. The average Bonchev–Trinajstić information content (AvgIpc) is 3.17. The number of carbonyl (C=O) groups is 2. The molecule has 0 spiro atoms. The van der Waals surface area contributed by atoms with Gasteiger partial charge in [0.1, 0.15) is 18.7 Å². The lowest BCUT2D eigenvalue weighted by Gasteiger charge is -2.06. The smallest absolute Gasteiger partial charge is 0.419 e. The second-order valence-electron chi connectivity index (χ2n) is 5.05. The molecule has 0 saturated carbocycles. The van der Waals surface area contributed by atoms with Gasteiger partial charge in [-0.15, -0.1) is 11.8 Å². The van der Waals surface area contributed by atoms with Crippen LogP contribution in [-0.4, -0.2) is 33.7 Å². The van der Waals surface area contributed by atoms with Crippen LogP contribution in [0, 0.1) is 0 Å². The van der Waals surface area contributed by atoms with Crippen molar-refractivity contribution in [3.63, 3.8) is 0 Å². The maximum atomic E-state index is 11.7. The number of benzene rings is 1. The highest BCUT2D eigenvalue weighted by Crippen LogP contribution is 2.20. The lowest BCUT2D eigenvalue weighted by atomic mass is 10.2. The summed E-state index contributed by atoms with van der Waals surface area (Å²) in [5.41, 5.74) is 9.04. The normalized spacial score (nSPS) is 10.1. The van der Waals surface area contributed by atoms with Gasteiger partial charge in [-0.1, -0.05) is 17.2 Å². The molecular weight excluding hydrogens is 342 g/mol. The van der Waals surface area contributed by atoms with Crippen molar-refractivity contribution in [2.45, 2.75) is 24.3 Å². The number of ketones is 1. The summed E-state index contributed by atoms with van der Waals surface area (Å²) in [6.45, 7) is 0.115. The molecule has 0 atom stereocenters. The van der Waals surface area contributed by atoms with E-state index in [1.807, 2.05) is 24.3 Å². The maximum Gasteiger partial charge on any atom is 0.419 e. The molecule has 0 N–H and O–H groups in total. The van der Waals surface area contributed by atoms with Gasteiger partial charge in [-0.2, -0.15) is 0 Å². The first-order chi connectivity index (χ1) is 12.2. The fourth-order valence-electron chi connectivity index (χ4n) is 1.92. The number of thioether (sulfide) groups is 1. The number of Topliss-reactive ketones (excluding diaryl/α,β-unsaturated/α-hetero) is 1. The van der Waals surface area contributed by atoms with E-state index in [4.69, 9.17) is 10.3 Å². The number of ether oxygens (including phenoxy) is 1. The number of hydrogen-bond acceptors (Lipinski definition) is 6. The average molecular weight is 359 g/mol. The van der Waals surface area contributed by atoms with Crippen molar-refractivity contribution in [2.24, 2.45) is 5.11 Å². The summed E-state index contributed by atoms with van der Waals surface area (Å²) in [7, 11) is 0. The second kappa shape index (κ2) is 10.2. The monoisotopic (exact) mass is 359 g/mol. The van der Waals surface area contributed by atoms with E-state index in [-0.39, 0.29) is 18.9 Å². The Labute approximate surface area is 148 Å². The Morgan fingerprint density at radius 3 is 2.80 bits per heavy atom. The molecule has 25 heavy (non-hydrogen) atoms. The molecule has 1 aromatic carbocycles. The van der Waals surface area contributed by atoms with Gasteiger partial charge in [0.25, 0.3) is 0 Å². The Morgan fingerprint density at radius 1 is 1.32 bits per heavy atom. The van der Waals surface area contributed by atoms with Crippen LogP contribution in [0.3, 0.4) is 0 Å². The van der Waals surface area contributed by atoms with Gasteiger partial charge in [-0.05, 0) is 35.4 Å². The van der Waals surface area contributed by atoms with Crippen molar-refractivity contribution in [1.29, 1.82) is 0 Å². The van der Waals surface area contributed by atoms with Crippen LogP contribution in [0.1, 0.15) is 18.4 Å². The van der Waals surface area contributed by atoms with E-state index in [2.05, 4.69) is 15.0 Å². The molecule has 2 aromatic rings. The number of nitrogens with zero attached hydrogens (tertiary/aromatic N) is 5. The number of azide groups is 1. The van der Waals surface area contributed by atoms with Gasteiger partial charge in [0.2, 0.25) is 0 Å². The zero-order valence-corrected chi connectivity index (χ0v) is 14.3. The number of rotatable bonds is 9. The van der Waals surface area contributed by atoms with Crippen LogP contribution in [-0.2, 0) is 16.1 Å². The molecule has 0 amide bonds. The summed E-state index contributed by atoms with van der Waals surface area (Å²) >= 11 is 1.64. The molecule has 1 heterocycles. The van der Waals surface area contributed by atoms with Crippen molar-refractivity contribution in [3.8, 4) is 0 Å². The lowest BCUT2D eigenvalue weighted by Crippen LogP contribution is -2.11. The van der Waals surface area contributed by atoms with E-state index < -0.39 is 6.09 Å². The summed E-state index contributed by atoms with van der Waals surface area (Å²) in [6, 6.07) is 7.70. The highest BCUT2D eigenvalue weighted by molar-refractivity contribution is 7.99. The first-order valence-electron chi connectivity index (χ1n) is 7.58. The van der Waals surface area contributed by atoms with E-state index in [1.165, 1.54) is 23.3 Å². The molecule has 0 unspecified atom stereocenters. The van der Waals surface area contributed by atoms with Gasteiger partial charge in [-0.25, -0.2) is 14.3 Å². The molecule has 2 rings (SSSR count). The van der Waals surface area contributed by atoms with E-state index >= 15 is 0 Å². The van der Waals surface area contributed by atoms with Crippen molar-refractivity contribution in [2.75, 3.05) is 12.3 Å². The maximum absolute atomic E-state index is 11.7. The molecule has 0 radical (unpaired) electrons. The van der Waals surface area contributed by atoms with Crippen molar-refractivity contribution < 1.29 is 14.3 Å². The third-order valence-corrected chi connectivity index (χ3v) is 4.28. The molecule has 0 aliphatic heterocycles. The molecule has 0 aliphatic carbocycles. The van der Waals surface area contributed by atoms with Crippen LogP contribution >= 0.6 is 11.8 Å². The minimum Gasteiger partial charge on any atom is -0.444 e. The zero-order valence-electron chi connectivity index (χ0n) is 13.4. The molecule has 0 fully saturated rings. The van der Waals surface area contributed by atoms with Crippen LogP contribution in [0.4, 0.5) is 4.79 Å². The number of carbonyl (C=O) groups excluding carboxylic acids is 2. The standard InChI is InChI=1S/C16H17N5O3S/c17-20-19-10-14(22)2-1-9-25-15-5-3-13(4-6-15)11-24-16(23)21-8-7-18-12-21/h3-8,12H,1-2,9-11H2. The predicted octanol–water partition coefficient (Wildman–Crippen LogP) is 3.82. The summed E-state index contributed by atoms with van der Waals surface area (Å²) in [5, 5.41) is 3.25. The Morgan fingerprint density at radius 2 is 2.12 bits per heavy atom. The highest BCUT2D eigenvalue weighted by atomic mass is 32.2. The van der Waals surface area contributed by atoms with E-state index in [0.717, 1.165) is 22.6 Å². The molecular formula is C16H17N5O3S. The SMILES string of the molecule is [N-]=[N+]=NCC(=O)CCCSc1ccc(COC(=O)n2ccnc2)cc1. The summed E-state index contributed by atoms with van der Waals surface area (Å²) in [4.78, 5) is 30.5. The fraction of sp³-hybridized carbons (Fsp3) is 0.312. The molecule has 130 valence electrons. The second-order valence-corrected chi connectivity index (χ2v) is 6.22. The minimum atomic E-state index is -0.471. The van der Waals surface area contributed by atoms with Gasteiger partial charge in [0.05, 0.1) is 6.54 Å². The summed E-state index contributed by atoms with van der Waals surface area (Å²) in [6.07, 6.45) is 5.10. The number of imidazole rings is 1. The molecule has 9 heteroatoms. The Kier molecular flexibility index (Phi) is 7.55. The van der Waals surface area contributed by atoms with E-state index in [9.17, 15) is 9.59 Å². The Hall–Kier alpha value is -2.77. The van der Waals surface area contributed by atoms with Crippen LogP contribution in [0.5, 0.6) is 0 Å². The van der Waals surface area contributed by atoms with Crippen LogP contribution < -0.4 is 0 Å². The van der Waals surface area contributed by atoms with Gasteiger partial charge in [0, 0.05) is 28.6 Å². The largest absolute Gasteiger partial charge is 0.444 e. The minimum absolute atomic E-state index is 0.0477. The molecule has 8 nitrogen and oxygen atoms in total. The predicted molar refractivity (Wildman–Crippen MR) is 93.2 cm³/mol. The third-order valence-electron chi connectivity index (χ3n) is 3.18. The summed E-state index contributed by atoms with van der Waals surface area (Å²) in [5.74, 6) is 0.755. The Bertz CT molecular complexity index is 740. The molecule has 0 bridgehead atoms. The molecule has 0 saturated heterocycles. The number of aromatic nitrogens is 2. The quantitative estimate of drug-likeness (QED) is 0.222. The van der Waals surface area contributed by atoms with Crippen molar-refractivity contribution in [3.05, 3.63) is 59.0 Å². The van der Waals surface area contributed by atoms with Crippen LogP contribution in [0.25, 0.3) is 10.4 Å². The van der Waals surface area contributed by atoms with Crippen molar-refractivity contribution >= 4 is 23.6 Å². The van der Waals surface area contributed by atoms with E-state index in [0.29, 0.717) is 6.42 Å². The first kappa shape index (κ1) is 18.6. The van der Waals surface area contributed by atoms with Gasteiger partial charge in [-0.3, -0.25) is 4.79 Å². The summed E-state index contributed by atoms with van der Waals surface area (Å²) < 4.78 is 6.45. The van der Waals surface area contributed by atoms with Gasteiger partial charge in [0.15, 0.2) is 0 Å². The Balaban J connectivity index is 1.68. The third kappa shape index (κ3) is 6.70. The molecule has 1 aromatic heterocycles. The van der Waals surface area contributed by atoms with Crippen LogP contribution in [0.15, 0.2) is 53.0 Å². The number of hydrogen-bond donors (Lipinski definition) is 0. The topological polar surface area (TPSA) is 110 Å². The van der Waals surface area contributed by atoms with Crippen molar-refractivity contribution in [1.82, 2.24) is 9.55 Å². The molecule has 0 aliphatic rings. The van der Waals surface area contributed by atoms with Gasteiger partial charge < -0.3 is 4.74 Å². The van der Waals surface area contributed by atoms with Gasteiger partial charge >= 0.3 is 6.09 Å². The first-order valence-corrected chi connectivity index (χ1v) is 8.57. The van der Waals surface area contributed by atoms with E-state index in [1.54, 1.807) is 11.8 Å². The zero-order chi connectivity index (χ0) is 17.9. The van der Waals surface area contributed by atoms with Crippen LogP contribution in [0.2, 0.25) is 0 Å².